The minimum Gasteiger partial charge on any atom is -0.493 e. The average molecular weight is 328 g/mol. The first kappa shape index (κ1) is 15.2. The summed E-state index contributed by atoms with van der Waals surface area (Å²) in [5, 5.41) is 5.93. The molecule has 1 fully saturated rings. The number of ether oxygens (including phenoxy) is 1. The molecule has 1 aromatic carbocycles. The molecule has 1 N–H and O–H groups in total. The van der Waals surface area contributed by atoms with Gasteiger partial charge in [-0.25, -0.2) is 0 Å². The number of rotatable bonds is 5. The van der Waals surface area contributed by atoms with Gasteiger partial charge in [0, 0.05) is 37.0 Å². The summed E-state index contributed by atoms with van der Waals surface area (Å²) in [5.74, 6) is 1.08. The highest BCUT2D eigenvalue weighted by molar-refractivity contribution is 7.09. The van der Waals surface area contributed by atoms with Crippen molar-refractivity contribution in [1.82, 2.24) is 10.2 Å². The lowest BCUT2D eigenvalue weighted by molar-refractivity contribution is 0.184. The fourth-order valence-electron chi connectivity index (χ4n) is 3.60. The van der Waals surface area contributed by atoms with Crippen LogP contribution in [0.25, 0.3) is 0 Å². The van der Waals surface area contributed by atoms with Gasteiger partial charge < -0.3 is 10.1 Å². The van der Waals surface area contributed by atoms with E-state index >= 15 is 0 Å². The predicted molar refractivity (Wildman–Crippen MR) is 95.1 cm³/mol. The summed E-state index contributed by atoms with van der Waals surface area (Å²) in [6.45, 7) is 5.29. The summed E-state index contributed by atoms with van der Waals surface area (Å²) >= 11 is 1.87. The molecule has 0 radical (unpaired) electrons. The number of fused-ring (bicyclic) bond motifs is 1. The first-order valence-electron chi connectivity index (χ1n) is 8.59. The van der Waals surface area contributed by atoms with Crippen molar-refractivity contribution < 1.29 is 4.74 Å². The summed E-state index contributed by atoms with van der Waals surface area (Å²) in [6.07, 6.45) is 3.64. The zero-order valence-corrected chi connectivity index (χ0v) is 14.3. The third kappa shape index (κ3) is 3.77. The van der Waals surface area contributed by atoms with E-state index in [0.29, 0.717) is 6.04 Å². The fourth-order valence-corrected chi connectivity index (χ4v) is 4.35. The molecule has 2 aliphatic heterocycles. The fraction of sp³-hybridized carbons (Fsp3) is 0.474. The largest absolute Gasteiger partial charge is 0.493 e. The van der Waals surface area contributed by atoms with Crippen LogP contribution in [-0.2, 0) is 19.5 Å². The van der Waals surface area contributed by atoms with E-state index in [1.165, 1.54) is 35.4 Å². The maximum Gasteiger partial charge on any atom is 0.122 e. The third-order valence-electron chi connectivity index (χ3n) is 4.81. The Morgan fingerprint density at radius 2 is 2.30 bits per heavy atom. The van der Waals surface area contributed by atoms with Crippen LogP contribution >= 0.6 is 11.3 Å². The number of benzene rings is 1. The Hall–Kier alpha value is -1.36. The van der Waals surface area contributed by atoms with Crippen LogP contribution in [0.4, 0.5) is 0 Å². The minimum atomic E-state index is 0.605. The molecule has 4 rings (SSSR count). The molecule has 4 heteroatoms. The number of hydrogen-bond acceptors (Lipinski definition) is 4. The van der Waals surface area contributed by atoms with Gasteiger partial charge in [0.05, 0.1) is 6.61 Å². The quantitative estimate of drug-likeness (QED) is 0.910. The van der Waals surface area contributed by atoms with E-state index in [1.54, 1.807) is 0 Å². The summed E-state index contributed by atoms with van der Waals surface area (Å²) in [5.41, 5.74) is 2.75. The predicted octanol–water partition coefficient (Wildman–Crippen LogP) is 3.44. The maximum atomic E-state index is 5.59. The highest BCUT2D eigenvalue weighted by Crippen LogP contribution is 2.26. The lowest BCUT2D eigenvalue weighted by atomic mass is 10.0. The molecule has 23 heavy (non-hydrogen) atoms. The topological polar surface area (TPSA) is 24.5 Å². The minimum absolute atomic E-state index is 0.605. The molecule has 2 aromatic rings. The molecule has 1 unspecified atom stereocenters. The van der Waals surface area contributed by atoms with Crippen LogP contribution in [0.2, 0.25) is 0 Å². The van der Waals surface area contributed by atoms with Crippen LogP contribution in [0.5, 0.6) is 5.75 Å². The lowest BCUT2D eigenvalue weighted by Crippen LogP contribution is -2.44. The molecule has 1 saturated heterocycles. The first-order valence-corrected chi connectivity index (χ1v) is 9.47. The standard InChI is InChI=1S/C19H24N2OS/c1-3-17(13-21(8-1)14-18-4-2-10-23-18)20-12-15-5-6-19-16(11-15)7-9-22-19/h2,4-6,10-11,17,20H,1,3,7-9,12-14H2. The third-order valence-corrected chi connectivity index (χ3v) is 5.67. The van der Waals surface area contributed by atoms with Crippen molar-refractivity contribution in [3.05, 3.63) is 51.7 Å². The lowest BCUT2D eigenvalue weighted by Gasteiger charge is -2.33. The maximum absolute atomic E-state index is 5.59. The second kappa shape index (κ2) is 7.04. The van der Waals surface area contributed by atoms with Crippen molar-refractivity contribution in [2.75, 3.05) is 19.7 Å². The van der Waals surface area contributed by atoms with Crippen molar-refractivity contribution in [3.8, 4) is 5.75 Å². The molecule has 0 bridgehead atoms. The number of nitrogens with zero attached hydrogens (tertiary/aromatic N) is 1. The van der Waals surface area contributed by atoms with E-state index in [-0.39, 0.29) is 0 Å². The number of likely N-dealkylation sites (tertiary alicyclic amines) is 1. The van der Waals surface area contributed by atoms with Crippen LogP contribution in [0.15, 0.2) is 35.7 Å². The van der Waals surface area contributed by atoms with Crippen molar-refractivity contribution >= 4 is 11.3 Å². The Bertz CT molecular complexity index is 641. The van der Waals surface area contributed by atoms with Gasteiger partial charge in [-0.3, -0.25) is 4.90 Å². The van der Waals surface area contributed by atoms with Gasteiger partial charge in [-0.2, -0.15) is 0 Å². The zero-order chi connectivity index (χ0) is 15.5. The monoisotopic (exact) mass is 328 g/mol. The van der Waals surface area contributed by atoms with Gasteiger partial charge in [0.25, 0.3) is 0 Å². The van der Waals surface area contributed by atoms with Gasteiger partial charge in [-0.05, 0) is 48.0 Å². The van der Waals surface area contributed by atoms with Crippen LogP contribution in [0.1, 0.15) is 28.8 Å². The second-order valence-electron chi connectivity index (χ2n) is 6.58. The Labute approximate surface area is 142 Å². The average Bonchev–Trinajstić information content (AvgIpc) is 3.24. The smallest absolute Gasteiger partial charge is 0.122 e. The van der Waals surface area contributed by atoms with E-state index < -0.39 is 0 Å². The van der Waals surface area contributed by atoms with Crippen molar-refractivity contribution in [3.63, 3.8) is 0 Å². The summed E-state index contributed by atoms with van der Waals surface area (Å²) < 4.78 is 5.59. The first-order chi connectivity index (χ1) is 11.4. The van der Waals surface area contributed by atoms with Crippen LogP contribution in [0.3, 0.4) is 0 Å². The van der Waals surface area contributed by atoms with Gasteiger partial charge in [-0.15, -0.1) is 11.3 Å². The SMILES string of the molecule is c1csc(CN2CCCC(NCc3ccc4c(c3)CCO4)C2)c1. The summed E-state index contributed by atoms with van der Waals surface area (Å²) in [6, 6.07) is 11.6. The molecule has 2 aliphatic rings. The van der Waals surface area contributed by atoms with Gasteiger partial charge in [0.2, 0.25) is 0 Å². The van der Waals surface area contributed by atoms with Crippen LogP contribution in [-0.4, -0.2) is 30.6 Å². The van der Waals surface area contributed by atoms with E-state index in [9.17, 15) is 0 Å². The van der Waals surface area contributed by atoms with Crippen LogP contribution in [0, 0.1) is 0 Å². The molecular formula is C19H24N2OS. The number of piperidine rings is 1. The number of thiophene rings is 1. The Morgan fingerprint density at radius 1 is 1.30 bits per heavy atom. The molecular weight excluding hydrogens is 304 g/mol. The van der Waals surface area contributed by atoms with Crippen molar-refractivity contribution in [2.24, 2.45) is 0 Å². The zero-order valence-electron chi connectivity index (χ0n) is 13.5. The van der Waals surface area contributed by atoms with Crippen molar-refractivity contribution in [1.29, 1.82) is 0 Å². The molecule has 3 heterocycles. The summed E-state index contributed by atoms with van der Waals surface area (Å²) in [4.78, 5) is 4.06. The second-order valence-corrected chi connectivity index (χ2v) is 7.61. The van der Waals surface area contributed by atoms with E-state index in [4.69, 9.17) is 4.74 Å². The molecule has 0 spiro atoms. The molecule has 3 nitrogen and oxygen atoms in total. The van der Waals surface area contributed by atoms with Gasteiger partial charge in [0.1, 0.15) is 5.75 Å². The van der Waals surface area contributed by atoms with Crippen molar-refractivity contribution in [2.45, 2.75) is 38.4 Å². The molecule has 1 aromatic heterocycles. The van der Waals surface area contributed by atoms with Gasteiger partial charge in [-0.1, -0.05) is 18.2 Å². The Balaban J connectivity index is 1.30. The number of hydrogen-bond donors (Lipinski definition) is 1. The molecule has 0 saturated carbocycles. The van der Waals surface area contributed by atoms with E-state index in [2.05, 4.69) is 45.9 Å². The molecule has 122 valence electrons. The highest BCUT2D eigenvalue weighted by atomic mass is 32.1. The van der Waals surface area contributed by atoms with E-state index in [1.807, 2.05) is 11.3 Å². The normalized spacial score (nSPS) is 21.1. The highest BCUT2D eigenvalue weighted by Gasteiger charge is 2.20. The number of nitrogens with one attached hydrogen (secondary N) is 1. The van der Waals surface area contributed by atoms with Gasteiger partial charge >= 0.3 is 0 Å². The molecule has 0 amide bonds. The molecule has 1 atom stereocenters. The summed E-state index contributed by atoms with van der Waals surface area (Å²) in [7, 11) is 0. The van der Waals surface area contributed by atoms with Crippen LogP contribution < -0.4 is 10.1 Å². The Kier molecular flexibility index (Phi) is 4.64. The van der Waals surface area contributed by atoms with E-state index in [0.717, 1.165) is 38.4 Å². The molecule has 0 aliphatic carbocycles. The van der Waals surface area contributed by atoms with Gasteiger partial charge in [0.15, 0.2) is 0 Å². The Morgan fingerprint density at radius 3 is 3.22 bits per heavy atom.